The maximum Gasteiger partial charge on any atom is 0.410 e. The van der Waals surface area contributed by atoms with Gasteiger partial charge in [0.2, 0.25) is 0 Å². The smallest absolute Gasteiger partial charge is 0.410 e. The second kappa shape index (κ2) is 14.8. The summed E-state index contributed by atoms with van der Waals surface area (Å²) in [6.07, 6.45) is 8.70. The summed E-state index contributed by atoms with van der Waals surface area (Å²) in [5, 5.41) is 0. The molecule has 6 rings (SSSR count). The molecule has 0 N–H and O–H groups in total. The summed E-state index contributed by atoms with van der Waals surface area (Å²) in [7, 11) is 0. The largest absolute Gasteiger partial charge is 0.444 e. The highest BCUT2D eigenvalue weighted by Gasteiger charge is 2.27. The average Bonchev–Trinajstić information content (AvgIpc) is 3.63. The molecule has 10 nitrogen and oxygen atoms in total. The molecule has 240 valence electrons. The van der Waals surface area contributed by atoms with Gasteiger partial charge in [0.05, 0.1) is 13.1 Å². The highest BCUT2D eigenvalue weighted by Crippen LogP contribution is 2.26. The Balaban J connectivity index is 0.000000174. The number of aromatic nitrogens is 4. The monoisotopic (exact) mass is 678 g/mol. The molecule has 45 heavy (non-hydrogen) atoms. The molecule has 0 spiro atoms. The molecule has 2 aliphatic heterocycles. The first-order chi connectivity index (χ1) is 21.3. The summed E-state index contributed by atoms with van der Waals surface area (Å²) in [5.41, 5.74) is 3.65. The maximum absolute atomic E-state index is 12.2. The van der Waals surface area contributed by atoms with Crippen LogP contribution < -0.4 is 0 Å². The van der Waals surface area contributed by atoms with E-state index in [1.807, 2.05) is 84.3 Å². The SMILES string of the molecule is Brc1cccnc1.CC(C)(C)OC(=O)N1CCn2c(ccc2-c2cccnc2)C1.CC(C)(C)OC(=O)N1CCn2cccc2C1. The van der Waals surface area contributed by atoms with Crippen molar-refractivity contribution >= 4 is 28.1 Å². The first-order valence-corrected chi connectivity index (χ1v) is 15.8. The molecule has 11 heteroatoms. The number of nitrogens with zero attached hydrogens (tertiary/aromatic N) is 6. The number of amides is 2. The zero-order valence-corrected chi connectivity index (χ0v) is 28.5. The zero-order chi connectivity index (χ0) is 32.6. The molecule has 0 saturated heterocycles. The topological polar surface area (TPSA) is 94.7 Å². The summed E-state index contributed by atoms with van der Waals surface area (Å²) in [5.74, 6) is 0. The Morgan fingerprint density at radius 3 is 1.84 bits per heavy atom. The summed E-state index contributed by atoms with van der Waals surface area (Å²) in [6, 6.07) is 16.0. The molecule has 4 aromatic rings. The summed E-state index contributed by atoms with van der Waals surface area (Å²) in [4.78, 5) is 35.5. The van der Waals surface area contributed by atoms with E-state index in [0.717, 1.165) is 46.8 Å². The van der Waals surface area contributed by atoms with E-state index in [0.29, 0.717) is 19.6 Å². The van der Waals surface area contributed by atoms with Crippen molar-refractivity contribution in [3.8, 4) is 11.3 Å². The minimum absolute atomic E-state index is 0.222. The van der Waals surface area contributed by atoms with Crippen molar-refractivity contribution in [3.63, 3.8) is 0 Å². The van der Waals surface area contributed by atoms with Crippen LogP contribution in [0.25, 0.3) is 11.3 Å². The van der Waals surface area contributed by atoms with Crippen LogP contribution in [0.4, 0.5) is 9.59 Å². The molecule has 0 radical (unpaired) electrons. The molecule has 6 heterocycles. The Hall–Kier alpha value is -4.12. The number of carbonyl (C=O) groups excluding carboxylic acids is 2. The fraction of sp³-hybridized carbons (Fsp3) is 0.412. The summed E-state index contributed by atoms with van der Waals surface area (Å²) < 4.78 is 16.2. The van der Waals surface area contributed by atoms with Crippen molar-refractivity contribution < 1.29 is 19.1 Å². The van der Waals surface area contributed by atoms with Crippen molar-refractivity contribution in [2.24, 2.45) is 0 Å². The third kappa shape index (κ3) is 10.2. The van der Waals surface area contributed by atoms with Gasteiger partial charge >= 0.3 is 12.2 Å². The molecule has 0 bridgehead atoms. The van der Waals surface area contributed by atoms with Crippen LogP contribution in [-0.2, 0) is 35.7 Å². The predicted molar refractivity (Wildman–Crippen MR) is 177 cm³/mol. The van der Waals surface area contributed by atoms with Crippen LogP contribution in [0, 0.1) is 0 Å². The van der Waals surface area contributed by atoms with Gasteiger partial charge in [0.1, 0.15) is 11.2 Å². The van der Waals surface area contributed by atoms with Gasteiger partial charge < -0.3 is 28.4 Å². The standard InChI is InChI=1S/C17H21N3O2.C12H18N2O2.C5H4BrN/c1-17(2,3)22-16(21)19-9-10-20-14(12-19)6-7-15(20)13-5-4-8-18-11-13;1-12(2,3)16-11(15)14-8-7-13-6-4-5-10(13)9-14;6-5-2-1-3-7-4-5/h4-8,11H,9-10,12H2,1-3H3;4-6H,7-9H2,1-3H3;1-4H. The highest BCUT2D eigenvalue weighted by molar-refractivity contribution is 9.10. The Labute approximate surface area is 274 Å². The van der Waals surface area contributed by atoms with E-state index in [-0.39, 0.29) is 12.2 Å². The number of halogens is 1. The minimum atomic E-state index is -0.461. The van der Waals surface area contributed by atoms with E-state index < -0.39 is 11.2 Å². The lowest BCUT2D eigenvalue weighted by molar-refractivity contribution is 0.0189. The van der Waals surface area contributed by atoms with Crippen LogP contribution in [0.5, 0.6) is 0 Å². The van der Waals surface area contributed by atoms with E-state index in [1.165, 1.54) is 0 Å². The Morgan fingerprint density at radius 1 is 0.711 bits per heavy atom. The normalized spacial score (nSPS) is 14.1. The third-order valence-corrected chi connectivity index (χ3v) is 7.26. The fourth-order valence-electron chi connectivity index (χ4n) is 4.79. The van der Waals surface area contributed by atoms with E-state index in [2.05, 4.69) is 53.2 Å². The van der Waals surface area contributed by atoms with Gasteiger partial charge in [-0.1, -0.05) is 0 Å². The van der Waals surface area contributed by atoms with Crippen molar-refractivity contribution in [1.29, 1.82) is 0 Å². The lowest BCUT2D eigenvalue weighted by atomic mass is 10.2. The van der Waals surface area contributed by atoms with Gasteiger partial charge in [-0.05, 0) is 106 Å². The first-order valence-electron chi connectivity index (χ1n) is 15.0. The first kappa shape index (κ1) is 33.8. The lowest BCUT2D eigenvalue weighted by Gasteiger charge is -2.31. The van der Waals surface area contributed by atoms with Gasteiger partial charge in [0.25, 0.3) is 0 Å². The van der Waals surface area contributed by atoms with E-state index in [4.69, 9.17) is 9.47 Å². The van der Waals surface area contributed by atoms with Crippen LogP contribution in [-0.4, -0.2) is 65.4 Å². The van der Waals surface area contributed by atoms with Crippen LogP contribution in [0.3, 0.4) is 0 Å². The number of hydrogen-bond acceptors (Lipinski definition) is 6. The third-order valence-electron chi connectivity index (χ3n) is 6.79. The van der Waals surface area contributed by atoms with Gasteiger partial charge in [0.15, 0.2) is 0 Å². The maximum atomic E-state index is 12.2. The Morgan fingerprint density at radius 2 is 1.31 bits per heavy atom. The molecular weight excluding hydrogens is 636 g/mol. The number of rotatable bonds is 1. The highest BCUT2D eigenvalue weighted by atomic mass is 79.9. The van der Waals surface area contributed by atoms with Crippen LogP contribution in [0.15, 0.2) is 84.0 Å². The molecule has 0 fully saturated rings. The van der Waals surface area contributed by atoms with Gasteiger partial charge in [-0.2, -0.15) is 0 Å². The van der Waals surface area contributed by atoms with Crippen LogP contribution >= 0.6 is 15.9 Å². The lowest BCUT2D eigenvalue weighted by Crippen LogP contribution is -2.41. The number of ether oxygens (including phenoxy) is 2. The van der Waals surface area contributed by atoms with E-state index in [9.17, 15) is 9.59 Å². The molecule has 0 unspecified atom stereocenters. The molecular formula is C34H43BrN6O4. The molecule has 0 saturated carbocycles. The van der Waals surface area contributed by atoms with Gasteiger partial charge in [-0.15, -0.1) is 0 Å². The molecule has 2 amide bonds. The molecule has 0 atom stereocenters. The Bertz CT molecular complexity index is 1540. The molecule has 2 aliphatic rings. The number of fused-ring (bicyclic) bond motifs is 2. The Kier molecular flexibility index (Phi) is 11.1. The summed E-state index contributed by atoms with van der Waals surface area (Å²) >= 11 is 3.25. The minimum Gasteiger partial charge on any atom is -0.444 e. The van der Waals surface area contributed by atoms with E-state index >= 15 is 0 Å². The number of carbonyl (C=O) groups is 2. The number of hydrogen-bond donors (Lipinski definition) is 0. The molecule has 4 aromatic heterocycles. The summed E-state index contributed by atoms with van der Waals surface area (Å²) in [6.45, 7) is 15.5. The quantitative estimate of drug-likeness (QED) is 0.208. The predicted octanol–water partition coefficient (Wildman–Crippen LogP) is 7.38. The van der Waals surface area contributed by atoms with Crippen molar-refractivity contribution in [3.05, 3.63) is 95.4 Å². The van der Waals surface area contributed by atoms with Crippen molar-refractivity contribution in [2.75, 3.05) is 13.1 Å². The van der Waals surface area contributed by atoms with Gasteiger partial charge in [-0.25, -0.2) is 9.59 Å². The second-order valence-corrected chi connectivity index (χ2v) is 13.7. The zero-order valence-electron chi connectivity index (χ0n) is 26.9. The van der Waals surface area contributed by atoms with E-state index in [1.54, 1.807) is 28.4 Å². The van der Waals surface area contributed by atoms with Crippen molar-refractivity contribution in [2.45, 2.75) is 78.9 Å². The van der Waals surface area contributed by atoms with Gasteiger partial charge in [-0.3, -0.25) is 9.97 Å². The van der Waals surface area contributed by atoms with Gasteiger partial charge in [0, 0.05) is 84.3 Å². The average molecular weight is 680 g/mol. The number of pyridine rings is 2. The second-order valence-electron chi connectivity index (χ2n) is 12.8. The molecule has 0 aromatic carbocycles. The van der Waals surface area contributed by atoms with Crippen LogP contribution in [0.2, 0.25) is 0 Å². The molecule has 0 aliphatic carbocycles. The van der Waals surface area contributed by atoms with Crippen molar-refractivity contribution in [1.82, 2.24) is 28.9 Å². The van der Waals surface area contributed by atoms with Crippen LogP contribution in [0.1, 0.15) is 52.9 Å². The fourth-order valence-corrected chi connectivity index (χ4v) is 5.07.